The van der Waals surface area contributed by atoms with E-state index in [4.69, 9.17) is 0 Å². The summed E-state index contributed by atoms with van der Waals surface area (Å²) in [5, 5.41) is 6.89. The highest BCUT2D eigenvalue weighted by Gasteiger charge is 2.14. The Morgan fingerprint density at radius 3 is 2.84 bits per heavy atom. The lowest BCUT2D eigenvalue weighted by Gasteiger charge is -2.13. The summed E-state index contributed by atoms with van der Waals surface area (Å²) in [7, 11) is 0. The SMILES string of the molecule is Cc1ccc(CNC(=O)[C@H](C)n2cncn2)c(C)c1. The predicted molar refractivity (Wildman–Crippen MR) is 72.5 cm³/mol. The lowest BCUT2D eigenvalue weighted by atomic mass is 10.1. The molecule has 100 valence electrons. The third kappa shape index (κ3) is 3.19. The van der Waals surface area contributed by atoms with Gasteiger partial charge in [0.1, 0.15) is 18.7 Å². The van der Waals surface area contributed by atoms with Gasteiger partial charge in [-0.2, -0.15) is 5.10 Å². The van der Waals surface area contributed by atoms with Crippen LogP contribution in [0, 0.1) is 13.8 Å². The second-order valence-corrected chi connectivity index (χ2v) is 4.70. The van der Waals surface area contributed by atoms with Gasteiger partial charge in [0.15, 0.2) is 0 Å². The summed E-state index contributed by atoms with van der Waals surface area (Å²) in [6, 6.07) is 5.86. The van der Waals surface area contributed by atoms with Gasteiger partial charge in [-0.25, -0.2) is 9.67 Å². The Kier molecular flexibility index (Phi) is 3.94. The number of rotatable bonds is 4. The first kappa shape index (κ1) is 13.3. The molecule has 0 aliphatic heterocycles. The lowest BCUT2D eigenvalue weighted by molar-refractivity contribution is -0.124. The van der Waals surface area contributed by atoms with Crippen molar-refractivity contribution in [3.8, 4) is 0 Å². The van der Waals surface area contributed by atoms with E-state index in [1.807, 2.05) is 6.07 Å². The molecule has 1 N–H and O–H groups in total. The van der Waals surface area contributed by atoms with Crippen LogP contribution in [0.1, 0.15) is 29.7 Å². The number of nitrogens with one attached hydrogen (secondary N) is 1. The zero-order valence-corrected chi connectivity index (χ0v) is 11.4. The van der Waals surface area contributed by atoms with Crippen LogP contribution >= 0.6 is 0 Å². The zero-order chi connectivity index (χ0) is 13.8. The van der Waals surface area contributed by atoms with E-state index in [-0.39, 0.29) is 11.9 Å². The maximum atomic E-state index is 12.0. The summed E-state index contributed by atoms with van der Waals surface area (Å²) >= 11 is 0. The molecular formula is C14H18N4O. The van der Waals surface area contributed by atoms with Crippen LogP contribution in [0.2, 0.25) is 0 Å². The fourth-order valence-electron chi connectivity index (χ4n) is 1.91. The fraction of sp³-hybridized carbons (Fsp3) is 0.357. The van der Waals surface area contributed by atoms with Gasteiger partial charge in [0.05, 0.1) is 0 Å². The Hall–Kier alpha value is -2.17. The molecule has 0 aliphatic carbocycles. The van der Waals surface area contributed by atoms with Crippen molar-refractivity contribution in [2.75, 3.05) is 0 Å². The minimum Gasteiger partial charge on any atom is -0.350 e. The standard InChI is InChI=1S/C14H18N4O/c1-10-4-5-13(11(2)6-10)7-16-14(19)12(3)18-9-15-8-17-18/h4-6,8-9,12H,7H2,1-3H3,(H,16,19)/t12-/m0/s1. The summed E-state index contributed by atoms with van der Waals surface area (Å²) in [5.74, 6) is -0.0644. The number of aryl methyl sites for hydroxylation is 2. The highest BCUT2D eigenvalue weighted by atomic mass is 16.2. The number of aromatic nitrogens is 3. The van der Waals surface area contributed by atoms with Crippen molar-refractivity contribution in [3.05, 3.63) is 47.5 Å². The molecule has 0 saturated heterocycles. The van der Waals surface area contributed by atoms with Gasteiger partial charge in [0, 0.05) is 6.54 Å². The van der Waals surface area contributed by atoms with Crippen LogP contribution in [0.5, 0.6) is 0 Å². The molecule has 0 saturated carbocycles. The normalized spacial score (nSPS) is 12.2. The Morgan fingerprint density at radius 1 is 1.42 bits per heavy atom. The van der Waals surface area contributed by atoms with Crippen molar-refractivity contribution in [2.24, 2.45) is 0 Å². The van der Waals surface area contributed by atoms with E-state index in [9.17, 15) is 4.79 Å². The predicted octanol–water partition coefficient (Wildman–Crippen LogP) is 1.77. The molecule has 0 bridgehead atoms. The van der Waals surface area contributed by atoms with Crippen molar-refractivity contribution in [3.63, 3.8) is 0 Å². The summed E-state index contributed by atoms with van der Waals surface area (Å²) in [4.78, 5) is 15.8. The van der Waals surface area contributed by atoms with E-state index in [1.165, 1.54) is 22.1 Å². The van der Waals surface area contributed by atoms with Gasteiger partial charge in [-0.05, 0) is 31.9 Å². The number of nitrogens with zero attached hydrogens (tertiary/aromatic N) is 3. The minimum atomic E-state index is -0.353. The summed E-state index contributed by atoms with van der Waals surface area (Å²) in [6.45, 7) is 6.44. The van der Waals surface area contributed by atoms with Gasteiger partial charge in [0.25, 0.3) is 0 Å². The van der Waals surface area contributed by atoms with Gasteiger partial charge in [-0.15, -0.1) is 0 Å². The van der Waals surface area contributed by atoms with Crippen molar-refractivity contribution < 1.29 is 4.79 Å². The molecule has 0 radical (unpaired) electrons. The average molecular weight is 258 g/mol. The van der Waals surface area contributed by atoms with E-state index in [2.05, 4.69) is 41.4 Å². The number of hydrogen-bond acceptors (Lipinski definition) is 3. The molecule has 0 spiro atoms. The molecule has 1 aromatic heterocycles. The Labute approximate surface area is 112 Å². The first-order chi connectivity index (χ1) is 9.08. The van der Waals surface area contributed by atoms with Gasteiger partial charge in [-0.3, -0.25) is 4.79 Å². The summed E-state index contributed by atoms with van der Waals surface area (Å²) < 4.78 is 1.54. The van der Waals surface area contributed by atoms with Crippen LogP contribution in [0.3, 0.4) is 0 Å². The van der Waals surface area contributed by atoms with Gasteiger partial charge >= 0.3 is 0 Å². The van der Waals surface area contributed by atoms with Crippen LogP contribution in [-0.2, 0) is 11.3 Å². The third-order valence-corrected chi connectivity index (χ3v) is 3.16. The van der Waals surface area contributed by atoms with Crippen LogP contribution in [0.4, 0.5) is 0 Å². The molecule has 5 nitrogen and oxygen atoms in total. The molecule has 0 aliphatic rings. The first-order valence-corrected chi connectivity index (χ1v) is 6.26. The molecule has 0 fully saturated rings. The Bertz CT molecular complexity index is 563. The molecule has 2 aromatic rings. The van der Waals surface area contributed by atoms with Crippen molar-refractivity contribution in [1.29, 1.82) is 0 Å². The molecule has 2 rings (SSSR count). The Balaban J connectivity index is 1.97. The van der Waals surface area contributed by atoms with E-state index < -0.39 is 0 Å². The van der Waals surface area contributed by atoms with Crippen LogP contribution in [0.15, 0.2) is 30.9 Å². The largest absolute Gasteiger partial charge is 0.350 e. The maximum absolute atomic E-state index is 12.0. The molecule has 1 amide bonds. The monoisotopic (exact) mass is 258 g/mol. The van der Waals surface area contributed by atoms with Crippen LogP contribution < -0.4 is 5.32 Å². The molecule has 1 aromatic carbocycles. The van der Waals surface area contributed by atoms with Crippen LogP contribution in [-0.4, -0.2) is 20.7 Å². The average Bonchev–Trinajstić information content (AvgIpc) is 2.90. The van der Waals surface area contributed by atoms with Gasteiger partial charge < -0.3 is 5.32 Å². The number of carbonyl (C=O) groups is 1. The zero-order valence-electron chi connectivity index (χ0n) is 11.4. The second kappa shape index (κ2) is 5.65. The maximum Gasteiger partial charge on any atom is 0.244 e. The molecule has 0 unspecified atom stereocenters. The minimum absolute atomic E-state index is 0.0644. The number of benzene rings is 1. The lowest BCUT2D eigenvalue weighted by Crippen LogP contribution is -2.31. The van der Waals surface area contributed by atoms with Gasteiger partial charge in [-0.1, -0.05) is 23.8 Å². The topological polar surface area (TPSA) is 59.8 Å². The molecule has 5 heteroatoms. The van der Waals surface area contributed by atoms with E-state index in [0.29, 0.717) is 6.54 Å². The van der Waals surface area contributed by atoms with Crippen LogP contribution in [0.25, 0.3) is 0 Å². The Morgan fingerprint density at radius 2 is 2.21 bits per heavy atom. The molecule has 1 atom stereocenters. The second-order valence-electron chi connectivity index (χ2n) is 4.70. The van der Waals surface area contributed by atoms with Crippen molar-refractivity contribution in [2.45, 2.75) is 33.4 Å². The molecule has 19 heavy (non-hydrogen) atoms. The van der Waals surface area contributed by atoms with Gasteiger partial charge in [0.2, 0.25) is 5.91 Å². The molecule has 1 heterocycles. The highest BCUT2D eigenvalue weighted by molar-refractivity contribution is 5.79. The van der Waals surface area contributed by atoms with Crippen molar-refractivity contribution in [1.82, 2.24) is 20.1 Å². The fourth-order valence-corrected chi connectivity index (χ4v) is 1.91. The van der Waals surface area contributed by atoms with E-state index in [0.717, 1.165) is 5.56 Å². The quantitative estimate of drug-likeness (QED) is 0.909. The van der Waals surface area contributed by atoms with E-state index >= 15 is 0 Å². The van der Waals surface area contributed by atoms with E-state index in [1.54, 1.807) is 13.3 Å². The summed E-state index contributed by atoms with van der Waals surface area (Å²) in [5.41, 5.74) is 3.54. The molecular weight excluding hydrogens is 240 g/mol. The summed E-state index contributed by atoms with van der Waals surface area (Å²) in [6.07, 6.45) is 2.97. The highest BCUT2D eigenvalue weighted by Crippen LogP contribution is 2.11. The number of amides is 1. The smallest absolute Gasteiger partial charge is 0.244 e. The number of hydrogen-bond donors (Lipinski definition) is 1. The first-order valence-electron chi connectivity index (χ1n) is 6.26. The third-order valence-electron chi connectivity index (χ3n) is 3.16. The number of carbonyl (C=O) groups excluding carboxylic acids is 1. The van der Waals surface area contributed by atoms with Crippen molar-refractivity contribution >= 4 is 5.91 Å².